The molecule has 0 spiro atoms. The van der Waals surface area contributed by atoms with Crippen molar-refractivity contribution in [1.29, 1.82) is 0 Å². The molecule has 0 aliphatic rings. The molecule has 5 nitrogen and oxygen atoms in total. The van der Waals surface area contributed by atoms with Crippen LogP contribution in [0, 0.1) is 0 Å². The zero-order chi connectivity index (χ0) is 24.1. The molecule has 6 heteroatoms. The van der Waals surface area contributed by atoms with Crippen molar-refractivity contribution in [3.63, 3.8) is 0 Å². The Balaban J connectivity index is 0. The highest BCUT2D eigenvalue weighted by molar-refractivity contribution is 5.70. The fourth-order valence-corrected chi connectivity index (χ4v) is 3.11. The lowest BCUT2D eigenvalue weighted by atomic mass is 10.2. The summed E-state index contributed by atoms with van der Waals surface area (Å²) in [5, 5.41) is 10.9. The fourth-order valence-electron chi connectivity index (χ4n) is 3.11. The van der Waals surface area contributed by atoms with Crippen LogP contribution < -0.4 is 17.5 Å². The second-order valence-corrected chi connectivity index (χ2v) is 9.14. The number of aliphatic carboxylic acids is 1. The minimum atomic E-state index is -1.20. The minimum absolute atomic E-state index is 0. The van der Waals surface area contributed by atoms with Crippen molar-refractivity contribution in [3.05, 3.63) is 48.6 Å². The second kappa shape index (κ2) is 22.0. The molecule has 0 aliphatic carbocycles. The smallest absolute Gasteiger partial charge is 0.306 e. The van der Waals surface area contributed by atoms with Gasteiger partial charge >= 0.3 is 5.97 Å². The third-order valence-electron chi connectivity index (χ3n) is 4.65. The quantitative estimate of drug-likeness (QED) is 0.122. The summed E-state index contributed by atoms with van der Waals surface area (Å²) in [4.78, 5) is 22.9. The molecule has 0 amide bonds. The summed E-state index contributed by atoms with van der Waals surface area (Å²) >= 11 is 0. The van der Waals surface area contributed by atoms with Gasteiger partial charge in [-0.3, -0.25) is 4.79 Å². The molecule has 190 valence electrons. The van der Waals surface area contributed by atoms with Crippen molar-refractivity contribution in [2.45, 2.75) is 83.7 Å². The number of nitrogens with zero attached hydrogens (tertiary/aromatic N) is 1. The van der Waals surface area contributed by atoms with Crippen LogP contribution in [0.4, 0.5) is 0 Å². The summed E-state index contributed by atoms with van der Waals surface area (Å²) in [5.41, 5.74) is 0. The number of rotatable bonds is 19. The molecule has 33 heavy (non-hydrogen) atoms. The van der Waals surface area contributed by atoms with Gasteiger partial charge in [0, 0.05) is 18.8 Å². The largest absolute Gasteiger partial charge is 1.00 e. The number of unbranched alkanes of at least 4 members (excludes halogenated alkanes) is 4. The Bertz CT molecular complexity index is 618. The summed E-state index contributed by atoms with van der Waals surface area (Å²) in [6.07, 6.45) is 26.1. The average molecular weight is 483 g/mol. The van der Waals surface area contributed by atoms with Gasteiger partial charge in [-0.25, -0.2) is 0 Å². The molecule has 0 aliphatic heterocycles. The number of likely N-dealkylation sites (N-methyl/N-ethyl adjacent to an activating group) is 1. The third-order valence-corrected chi connectivity index (χ3v) is 4.65. The van der Waals surface area contributed by atoms with Gasteiger partial charge in [-0.1, -0.05) is 68.4 Å². The predicted molar refractivity (Wildman–Crippen MR) is 131 cm³/mol. The van der Waals surface area contributed by atoms with Crippen molar-refractivity contribution < 1.29 is 36.3 Å². The van der Waals surface area contributed by atoms with Crippen molar-refractivity contribution in [3.8, 4) is 0 Å². The Labute approximate surface area is 208 Å². The number of quaternary nitrogens is 1. The molecular weight excluding hydrogens is 438 g/mol. The highest BCUT2D eigenvalue weighted by Crippen LogP contribution is 2.08. The number of carboxylic acids is 1. The van der Waals surface area contributed by atoms with Gasteiger partial charge in [0.15, 0.2) is 6.10 Å². The van der Waals surface area contributed by atoms with E-state index in [0.717, 1.165) is 25.7 Å². The lowest BCUT2D eigenvalue weighted by Gasteiger charge is -2.29. The Hall–Kier alpha value is -1.85. The van der Waals surface area contributed by atoms with E-state index >= 15 is 0 Å². The molecule has 0 heterocycles. The second-order valence-electron chi connectivity index (χ2n) is 9.14. The number of allylic oxidation sites excluding steroid dienone is 8. The van der Waals surface area contributed by atoms with E-state index in [4.69, 9.17) is 4.74 Å². The summed E-state index contributed by atoms with van der Waals surface area (Å²) in [7, 11) is 5.79. The van der Waals surface area contributed by atoms with E-state index in [1.54, 1.807) is 0 Å². The first-order chi connectivity index (χ1) is 15.2. The van der Waals surface area contributed by atoms with Crippen LogP contribution in [0.2, 0.25) is 0 Å². The monoisotopic (exact) mass is 482 g/mol. The zero-order valence-corrected chi connectivity index (χ0v) is 21.9. The number of carboxylic acid groups (broad SMARTS) is 1. The van der Waals surface area contributed by atoms with Crippen molar-refractivity contribution in [2.24, 2.45) is 0 Å². The molecule has 0 fully saturated rings. The van der Waals surface area contributed by atoms with Crippen LogP contribution in [0.3, 0.4) is 0 Å². The maximum absolute atomic E-state index is 12.0. The van der Waals surface area contributed by atoms with E-state index in [0.29, 0.717) is 23.9 Å². The van der Waals surface area contributed by atoms with Gasteiger partial charge in [0.1, 0.15) is 6.54 Å². The first-order valence-electron chi connectivity index (χ1n) is 12.0. The van der Waals surface area contributed by atoms with E-state index in [1.807, 2.05) is 21.1 Å². The minimum Gasteiger partial charge on any atom is -1.00 e. The van der Waals surface area contributed by atoms with E-state index in [2.05, 4.69) is 55.5 Å². The molecule has 0 radical (unpaired) electrons. The molecule has 0 aromatic carbocycles. The van der Waals surface area contributed by atoms with Crippen LogP contribution in [0.25, 0.3) is 0 Å². The van der Waals surface area contributed by atoms with Gasteiger partial charge in [-0.2, -0.15) is 0 Å². The topological polar surface area (TPSA) is 66.4 Å². The number of hydrogen-bond donors (Lipinski definition) is 0. The number of ether oxygens (including phenoxy) is 1. The lowest BCUT2D eigenvalue weighted by Crippen LogP contribution is -3.00. The van der Waals surface area contributed by atoms with E-state index in [-0.39, 0.29) is 24.8 Å². The maximum atomic E-state index is 12.0. The molecule has 0 rings (SSSR count). The molecule has 0 saturated heterocycles. The normalized spacial score (nSPS) is 13.2. The highest BCUT2D eigenvalue weighted by Gasteiger charge is 2.22. The van der Waals surface area contributed by atoms with Crippen LogP contribution in [0.5, 0.6) is 0 Å². The lowest BCUT2D eigenvalue weighted by molar-refractivity contribution is -0.873. The molecule has 0 N–H and O–H groups in total. The average Bonchev–Trinajstić information content (AvgIpc) is 2.68. The summed E-state index contributed by atoms with van der Waals surface area (Å²) in [6, 6.07) is 0. The third kappa shape index (κ3) is 26.3. The first-order valence-corrected chi connectivity index (χ1v) is 12.0. The van der Waals surface area contributed by atoms with Crippen LogP contribution in [0.1, 0.15) is 77.6 Å². The summed E-state index contributed by atoms with van der Waals surface area (Å²) in [6.45, 7) is 2.67. The van der Waals surface area contributed by atoms with Gasteiger partial charge in [0.2, 0.25) is 0 Å². The number of carbonyl (C=O) groups is 2. The van der Waals surface area contributed by atoms with E-state index < -0.39 is 12.1 Å². The molecule has 0 aromatic rings. The zero-order valence-electron chi connectivity index (χ0n) is 21.1. The van der Waals surface area contributed by atoms with Gasteiger partial charge in [-0.15, -0.1) is 0 Å². The molecule has 1 unspecified atom stereocenters. The van der Waals surface area contributed by atoms with Crippen LogP contribution in [0.15, 0.2) is 48.6 Å². The maximum Gasteiger partial charge on any atom is 0.306 e. The van der Waals surface area contributed by atoms with E-state index in [9.17, 15) is 14.7 Å². The molecule has 0 bridgehead atoms. The Morgan fingerprint density at radius 1 is 0.818 bits per heavy atom. The van der Waals surface area contributed by atoms with Crippen LogP contribution in [-0.2, 0) is 14.3 Å². The van der Waals surface area contributed by atoms with Gasteiger partial charge in [-0.05, 0) is 44.9 Å². The molecular formula is C27H45ClNO4-. The van der Waals surface area contributed by atoms with Gasteiger partial charge in [0.05, 0.1) is 21.1 Å². The van der Waals surface area contributed by atoms with Crippen LogP contribution >= 0.6 is 0 Å². The summed E-state index contributed by atoms with van der Waals surface area (Å²) < 4.78 is 5.87. The number of halogens is 1. The molecule has 1 atom stereocenters. The molecule has 0 aromatic heterocycles. The van der Waals surface area contributed by atoms with Crippen LogP contribution in [-0.4, -0.2) is 50.2 Å². The Kier molecular flexibility index (Phi) is 22.2. The SMILES string of the molecule is CCCCC/C=C\C/C=C\C/C=C\C/C=C\CCCC(=O)OC(CC(=O)[O-])C[N+](C)(C)C.[Cl-]. The number of carbonyl (C=O) groups excluding carboxylic acids is 2. The van der Waals surface area contributed by atoms with Crippen molar-refractivity contribution in [2.75, 3.05) is 27.7 Å². The molecule has 0 saturated carbocycles. The Morgan fingerprint density at radius 2 is 1.30 bits per heavy atom. The van der Waals surface area contributed by atoms with Gasteiger partial charge < -0.3 is 31.5 Å². The van der Waals surface area contributed by atoms with Gasteiger partial charge in [0.25, 0.3) is 0 Å². The van der Waals surface area contributed by atoms with Crippen molar-refractivity contribution >= 4 is 11.9 Å². The standard InChI is InChI=1S/C27H45NO4.ClH/c1-5-6-7-8-9-10-11-12-13-14-15-16-17-18-19-20-21-22-27(31)32-25(23-26(29)30)24-28(2,3)4;/h9-10,12-13,15-16,18-19,25H,5-8,11,14,17,20-24H2,1-4H3;1H/p-1/b10-9-,13-12-,16-15-,19-18-;. The predicted octanol–water partition coefficient (Wildman–Crippen LogP) is 1.89. The number of hydrogen-bond acceptors (Lipinski definition) is 4. The summed E-state index contributed by atoms with van der Waals surface area (Å²) in [5.74, 6) is -1.54. The van der Waals surface area contributed by atoms with Crippen molar-refractivity contribution in [1.82, 2.24) is 0 Å². The van der Waals surface area contributed by atoms with E-state index in [1.165, 1.54) is 25.7 Å². The first kappa shape index (κ1) is 33.3. The fraction of sp³-hybridized carbons (Fsp3) is 0.630. The highest BCUT2D eigenvalue weighted by atomic mass is 35.5. The Morgan fingerprint density at radius 3 is 1.76 bits per heavy atom. The number of esters is 1.